The molecule has 1 aromatic carbocycles. The van der Waals surface area contributed by atoms with E-state index in [-0.39, 0.29) is 11.0 Å². The van der Waals surface area contributed by atoms with Crippen LogP contribution in [-0.2, 0) is 9.84 Å². The van der Waals surface area contributed by atoms with Gasteiger partial charge in [-0.3, -0.25) is 4.98 Å². The van der Waals surface area contributed by atoms with Crippen LogP contribution in [0.3, 0.4) is 0 Å². The maximum Gasteiger partial charge on any atom is 0.156 e. The zero-order valence-corrected chi connectivity index (χ0v) is 13.5. The molecule has 3 rings (SSSR count). The number of pyridine rings is 1. The molecule has 0 amide bonds. The third kappa shape index (κ3) is 2.31. The van der Waals surface area contributed by atoms with E-state index in [4.69, 9.17) is 0 Å². The molecule has 0 radical (unpaired) electrons. The van der Waals surface area contributed by atoms with Crippen LogP contribution in [0.25, 0.3) is 10.9 Å². The Balaban J connectivity index is 2.06. The molecule has 2 aromatic rings. The van der Waals surface area contributed by atoms with Gasteiger partial charge in [-0.2, -0.15) is 0 Å². The SMILES string of the molecule is CC1CN(c2ccnc3c(Br)cccc23)CCS1(=O)=O. The molecule has 4 nitrogen and oxygen atoms in total. The average Bonchev–Trinajstić information content (AvgIpc) is 2.42. The summed E-state index contributed by atoms with van der Waals surface area (Å²) in [5.41, 5.74) is 1.96. The van der Waals surface area contributed by atoms with Crippen LogP contribution in [-0.4, -0.2) is 37.5 Å². The maximum absolute atomic E-state index is 11.8. The largest absolute Gasteiger partial charge is 0.369 e. The topological polar surface area (TPSA) is 50.3 Å². The van der Waals surface area contributed by atoms with E-state index >= 15 is 0 Å². The van der Waals surface area contributed by atoms with Crippen LogP contribution in [0.1, 0.15) is 6.92 Å². The number of para-hydroxylation sites is 1. The fourth-order valence-electron chi connectivity index (χ4n) is 2.57. The lowest BCUT2D eigenvalue weighted by atomic mass is 10.1. The smallest absolute Gasteiger partial charge is 0.156 e. The van der Waals surface area contributed by atoms with E-state index in [9.17, 15) is 8.42 Å². The Morgan fingerprint density at radius 1 is 1.35 bits per heavy atom. The molecule has 1 aromatic heterocycles. The van der Waals surface area contributed by atoms with E-state index in [1.807, 2.05) is 24.3 Å². The van der Waals surface area contributed by atoms with Crippen LogP contribution in [0.4, 0.5) is 5.69 Å². The summed E-state index contributed by atoms with van der Waals surface area (Å²) >= 11 is 3.51. The molecule has 106 valence electrons. The van der Waals surface area contributed by atoms with Crippen LogP contribution in [0.2, 0.25) is 0 Å². The normalized spacial score (nSPS) is 22.1. The fraction of sp³-hybridized carbons (Fsp3) is 0.357. The van der Waals surface area contributed by atoms with Crippen LogP contribution < -0.4 is 4.90 Å². The fourth-order valence-corrected chi connectivity index (χ4v) is 4.33. The number of rotatable bonds is 1. The highest BCUT2D eigenvalue weighted by Crippen LogP contribution is 2.31. The second-order valence-corrected chi connectivity index (χ2v) is 8.48. The van der Waals surface area contributed by atoms with Crippen LogP contribution in [0, 0.1) is 0 Å². The summed E-state index contributed by atoms with van der Waals surface area (Å²) < 4.78 is 24.6. The van der Waals surface area contributed by atoms with Crippen molar-refractivity contribution in [2.24, 2.45) is 0 Å². The van der Waals surface area contributed by atoms with Crippen molar-refractivity contribution in [3.05, 3.63) is 34.9 Å². The lowest BCUT2D eigenvalue weighted by molar-refractivity contribution is 0.569. The van der Waals surface area contributed by atoms with Gasteiger partial charge in [0.05, 0.1) is 16.5 Å². The zero-order chi connectivity index (χ0) is 14.3. The minimum absolute atomic E-state index is 0.214. The molecule has 0 aliphatic carbocycles. The van der Waals surface area contributed by atoms with Crippen molar-refractivity contribution in [3.8, 4) is 0 Å². The number of hydrogen-bond donors (Lipinski definition) is 0. The van der Waals surface area contributed by atoms with Crippen molar-refractivity contribution < 1.29 is 8.42 Å². The molecule has 0 spiro atoms. The predicted molar refractivity (Wildman–Crippen MR) is 84.9 cm³/mol. The van der Waals surface area contributed by atoms with E-state index in [1.54, 1.807) is 13.1 Å². The molecule has 1 aliphatic heterocycles. The Bertz CT molecular complexity index is 761. The molecular weight excluding hydrogens is 340 g/mol. The molecule has 1 fully saturated rings. The molecule has 1 aliphatic rings. The summed E-state index contributed by atoms with van der Waals surface area (Å²) in [7, 11) is -2.93. The first-order chi connectivity index (χ1) is 9.49. The number of benzene rings is 1. The highest BCUT2D eigenvalue weighted by molar-refractivity contribution is 9.10. The summed E-state index contributed by atoms with van der Waals surface area (Å²) in [5.74, 6) is 0.214. The standard InChI is InChI=1S/C14H15BrN2O2S/c1-10-9-17(7-8-20(10,18)19)13-5-6-16-14-11(13)3-2-4-12(14)15/h2-6,10H,7-9H2,1H3. The Morgan fingerprint density at radius 2 is 2.15 bits per heavy atom. The monoisotopic (exact) mass is 354 g/mol. The first-order valence-corrected chi connectivity index (χ1v) is 8.99. The highest BCUT2D eigenvalue weighted by Gasteiger charge is 2.30. The molecule has 1 unspecified atom stereocenters. The second kappa shape index (κ2) is 5.00. The van der Waals surface area contributed by atoms with Gasteiger partial charge in [0.1, 0.15) is 0 Å². The predicted octanol–water partition coefficient (Wildman–Crippen LogP) is 2.62. The average molecular weight is 355 g/mol. The molecular formula is C14H15BrN2O2S. The van der Waals surface area contributed by atoms with Crippen molar-refractivity contribution in [2.75, 3.05) is 23.7 Å². The molecule has 20 heavy (non-hydrogen) atoms. The van der Waals surface area contributed by atoms with Crippen molar-refractivity contribution in [3.63, 3.8) is 0 Å². The highest BCUT2D eigenvalue weighted by atomic mass is 79.9. The quantitative estimate of drug-likeness (QED) is 0.789. The Kier molecular flexibility index (Phi) is 3.46. The molecule has 1 saturated heterocycles. The number of hydrogen-bond acceptors (Lipinski definition) is 4. The number of halogens is 1. The number of nitrogens with zero attached hydrogens (tertiary/aromatic N) is 2. The van der Waals surface area contributed by atoms with Crippen molar-refractivity contribution in [1.82, 2.24) is 4.98 Å². The minimum Gasteiger partial charge on any atom is -0.369 e. The molecule has 2 heterocycles. The van der Waals surface area contributed by atoms with E-state index in [0.29, 0.717) is 13.1 Å². The van der Waals surface area contributed by atoms with E-state index in [2.05, 4.69) is 25.8 Å². The second-order valence-electron chi connectivity index (χ2n) is 5.09. The van der Waals surface area contributed by atoms with E-state index < -0.39 is 9.84 Å². The van der Waals surface area contributed by atoms with Gasteiger partial charge in [-0.05, 0) is 35.0 Å². The molecule has 1 atom stereocenters. The number of aromatic nitrogens is 1. The molecule has 0 bridgehead atoms. The molecule has 0 N–H and O–H groups in total. The van der Waals surface area contributed by atoms with Crippen LogP contribution in [0.15, 0.2) is 34.9 Å². The minimum atomic E-state index is -2.93. The number of sulfone groups is 1. The van der Waals surface area contributed by atoms with Crippen molar-refractivity contribution in [2.45, 2.75) is 12.2 Å². The summed E-state index contributed by atoms with van der Waals surface area (Å²) in [6.45, 7) is 2.85. The van der Waals surface area contributed by atoms with E-state index in [0.717, 1.165) is 21.1 Å². The van der Waals surface area contributed by atoms with Gasteiger partial charge < -0.3 is 4.90 Å². The summed E-state index contributed by atoms with van der Waals surface area (Å²) in [5, 5.41) is 0.722. The molecule has 6 heteroatoms. The van der Waals surface area contributed by atoms with Crippen molar-refractivity contribution >= 4 is 42.4 Å². The van der Waals surface area contributed by atoms with Gasteiger partial charge in [-0.25, -0.2) is 8.42 Å². The number of anilines is 1. The summed E-state index contributed by atoms with van der Waals surface area (Å²) in [4.78, 5) is 6.53. The van der Waals surface area contributed by atoms with Gasteiger partial charge >= 0.3 is 0 Å². The molecule has 0 saturated carbocycles. The van der Waals surface area contributed by atoms with Gasteiger partial charge in [-0.15, -0.1) is 0 Å². The third-order valence-electron chi connectivity index (χ3n) is 3.78. The van der Waals surface area contributed by atoms with Crippen molar-refractivity contribution in [1.29, 1.82) is 0 Å². The maximum atomic E-state index is 11.8. The van der Waals surface area contributed by atoms with Crippen LogP contribution in [0.5, 0.6) is 0 Å². The number of fused-ring (bicyclic) bond motifs is 1. The first kappa shape index (κ1) is 13.8. The summed E-state index contributed by atoms with van der Waals surface area (Å²) in [6.07, 6.45) is 1.77. The lowest BCUT2D eigenvalue weighted by Crippen LogP contribution is -2.45. The summed E-state index contributed by atoms with van der Waals surface area (Å²) in [6, 6.07) is 7.92. The lowest BCUT2D eigenvalue weighted by Gasteiger charge is -2.33. The van der Waals surface area contributed by atoms with Gasteiger partial charge in [0.2, 0.25) is 0 Å². The van der Waals surface area contributed by atoms with Crippen LogP contribution >= 0.6 is 15.9 Å². The van der Waals surface area contributed by atoms with Gasteiger partial charge in [-0.1, -0.05) is 12.1 Å². The van der Waals surface area contributed by atoms with E-state index in [1.165, 1.54) is 0 Å². The Hall–Kier alpha value is -1.14. The zero-order valence-electron chi connectivity index (χ0n) is 11.1. The van der Waals surface area contributed by atoms with Gasteiger partial charge in [0.15, 0.2) is 9.84 Å². The third-order valence-corrected chi connectivity index (χ3v) is 6.54. The Morgan fingerprint density at radius 3 is 2.90 bits per heavy atom. The van der Waals surface area contributed by atoms with Gasteiger partial charge in [0.25, 0.3) is 0 Å². The Labute approximate surface area is 126 Å². The first-order valence-electron chi connectivity index (χ1n) is 6.49. The van der Waals surface area contributed by atoms with Gasteiger partial charge in [0, 0.05) is 34.8 Å².